The molecular formula is C8H8Br2NNaO4S. The first kappa shape index (κ1) is 16.1. The minimum absolute atomic E-state index is 0. The van der Waals surface area contributed by atoms with E-state index < -0.39 is 42.1 Å². The molecule has 0 aromatic rings. The second kappa shape index (κ2) is 4.56. The van der Waals surface area contributed by atoms with Gasteiger partial charge in [-0.15, -0.1) is 0 Å². The standard InChI is InChI=1S/C8H9Br2NO4S.Na/c1-7(2)3(4(12)13)11-5(14)8(9,10)6(11)16(7)15;/h3,6H,1-2H3,(H,12,13);/q;+1/p-1/t3-,6?,16?;/m0./s1. The Balaban J connectivity index is 0.00000144. The van der Waals surface area contributed by atoms with Gasteiger partial charge in [0.15, 0.2) is 3.23 Å². The van der Waals surface area contributed by atoms with E-state index in [4.69, 9.17) is 0 Å². The summed E-state index contributed by atoms with van der Waals surface area (Å²) in [6, 6.07) is -1.14. The van der Waals surface area contributed by atoms with E-state index in [9.17, 15) is 18.9 Å². The Morgan fingerprint density at radius 3 is 2.35 bits per heavy atom. The van der Waals surface area contributed by atoms with Crippen molar-refractivity contribution < 1.29 is 48.5 Å². The van der Waals surface area contributed by atoms with Crippen LogP contribution < -0.4 is 34.7 Å². The van der Waals surface area contributed by atoms with Gasteiger partial charge in [0.25, 0.3) is 5.91 Å². The largest absolute Gasteiger partial charge is 1.00 e. The first-order valence-corrected chi connectivity index (χ1v) is 7.25. The fourth-order valence-electron chi connectivity index (χ4n) is 2.11. The molecule has 17 heavy (non-hydrogen) atoms. The van der Waals surface area contributed by atoms with E-state index in [0.29, 0.717) is 0 Å². The Hall–Kier alpha value is 1.05. The van der Waals surface area contributed by atoms with E-state index in [1.807, 2.05) is 0 Å². The van der Waals surface area contributed by atoms with Gasteiger partial charge in [0, 0.05) is 0 Å². The van der Waals surface area contributed by atoms with Gasteiger partial charge in [0.05, 0.1) is 27.6 Å². The van der Waals surface area contributed by atoms with Crippen LogP contribution in [-0.4, -0.2) is 40.4 Å². The van der Waals surface area contributed by atoms with Crippen LogP contribution in [0.3, 0.4) is 0 Å². The molecule has 1 amide bonds. The summed E-state index contributed by atoms with van der Waals surface area (Å²) in [5.74, 6) is -1.80. The van der Waals surface area contributed by atoms with E-state index in [-0.39, 0.29) is 29.6 Å². The second-order valence-corrected chi connectivity index (χ2v) is 9.97. The Kier molecular flexibility index (Phi) is 4.32. The van der Waals surface area contributed by atoms with Crippen molar-refractivity contribution in [3.8, 4) is 0 Å². The van der Waals surface area contributed by atoms with Crippen LogP contribution in [0.2, 0.25) is 0 Å². The van der Waals surface area contributed by atoms with Crippen LogP contribution in [0.5, 0.6) is 0 Å². The Morgan fingerprint density at radius 1 is 1.47 bits per heavy atom. The minimum Gasteiger partial charge on any atom is -0.548 e. The van der Waals surface area contributed by atoms with Crippen molar-refractivity contribution in [2.24, 2.45) is 0 Å². The molecule has 2 fully saturated rings. The average molecular weight is 397 g/mol. The number of β-lactam (4-membered cyclic amide) rings is 1. The number of halogens is 2. The Bertz CT molecular complexity index is 428. The molecule has 0 radical (unpaired) electrons. The maximum absolute atomic E-state index is 12.1. The van der Waals surface area contributed by atoms with Crippen molar-refractivity contribution in [3.05, 3.63) is 0 Å². The van der Waals surface area contributed by atoms with Gasteiger partial charge in [-0.3, -0.25) is 9.00 Å². The van der Waals surface area contributed by atoms with Gasteiger partial charge in [0.2, 0.25) is 0 Å². The van der Waals surface area contributed by atoms with Gasteiger partial charge in [-0.05, 0) is 13.8 Å². The fourth-order valence-corrected chi connectivity index (χ4v) is 5.78. The number of carbonyl (C=O) groups is 2. The van der Waals surface area contributed by atoms with Gasteiger partial charge in [0.1, 0.15) is 5.37 Å². The average Bonchev–Trinajstić information content (AvgIpc) is 2.33. The molecule has 0 spiro atoms. The predicted molar refractivity (Wildman–Crippen MR) is 62.2 cm³/mol. The summed E-state index contributed by atoms with van der Waals surface area (Å²) in [6.07, 6.45) is 0. The number of amides is 1. The first-order valence-electron chi connectivity index (χ1n) is 4.45. The van der Waals surface area contributed by atoms with Crippen LogP contribution in [0.4, 0.5) is 0 Å². The van der Waals surface area contributed by atoms with Gasteiger partial charge < -0.3 is 14.8 Å². The number of hydrogen-bond donors (Lipinski definition) is 0. The summed E-state index contributed by atoms with van der Waals surface area (Å²) in [4.78, 5) is 23.9. The number of carbonyl (C=O) groups excluding carboxylic acids is 2. The third kappa shape index (κ3) is 1.90. The molecule has 2 rings (SSSR count). The summed E-state index contributed by atoms with van der Waals surface area (Å²) in [5.41, 5.74) is 0. The van der Waals surface area contributed by atoms with Crippen molar-refractivity contribution >= 4 is 54.5 Å². The molecule has 2 saturated heterocycles. The van der Waals surface area contributed by atoms with Gasteiger partial charge in [-0.1, -0.05) is 31.9 Å². The number of alkyl halides is 2. The molecule has 2 heterocycles. The maximum Gasteiger partial charge on any atom is 1.00 e. The molecular weight excluding hydrogens is 389 g/mol. The summed E-state index contributed by atoms with van der Waals surface area (Å²) >= 11 is 6.25. The van der Waals surface area contributed by atoms with E-state index in [1.165, 1.54) is 0 Å². The zero-order chi connectivity index (χ0) is 12.5. The fraction of sp³-hybridized carbons (Fsp3) is 0.750. The molecule has 0 N–H and O–H groups in total. The van der Waals surface area contributed by atoms with Crippen molar-refractivity contribution in [2.45, 2.75) is 33.2 Å². The third-order valence-corrected chi connectivity index (χ3v) is 7.36. The van der Waals surface area contributed by atoms with Gasteiger partial charge >= 0.3 is 29.6 Å². The molecule has 9 heteroatoms. The van der Waals surface area contributed by atoms with Crippen LogP contribution in [0, 0.1) is 0 Å². The van der Waals surface area contributed by atoms with Crippen LogP contribution in [0.25, 0.3) is 0 Å². The second-order valence-electron chi connectivity index (χ2n) is 4.31. The number of aliphatic carboxylic acids is 1. The quantitative estimate of drug-likeness (QED) is 0.260. The Labute approximate surface area is 140 Å². The SMILES string of the molecule is CC1(C)[C@H](C(=O)[O-])N2C(=O)C(Br)(Br)C2S1=O.[Na+]. The van der Waals surface area contributed by atoms with E-state index in [1.54, 1.807) is 13.8 Å². The third-order valence-electron chi connectivity index (χ3n) is 2.96. The normalized spacial score (nSPS) is 36.8. The number of rotatable bonds is 1. The first-order chi connectivity index (χ1) is 7.13. The number of hydrogen-bond acceptors (Lipinski definition) is 4. The molecule has 3 atom stereocenters. The molecule has 90 valence electrons. The molecule has 5 nitrogen and oxygen atoms in total. The summed E-state index contributed by atoms with van der Waals surface area (Å²) in [5, 5.41) is 10.4. The molecule has 0 aromatic heterocycles. The number of carboxylic acids is 1. The zero-order valence-corrected chi connectivity index (χ0v) is 15.4. The van der Waals surface area contributed by atoms with E-state index >= 15 is 0 Å². The van der Waals surface area contributed by atoms with Crippen molar-refractivity contribution in [3.63, 3.8) is 0 Å². The molecule has 0 aliphatic carbocycles. The van der Waals surface area contributed by atoms with E-state index in [0.717, 1.165) is 4.90 Å². The van der Waals surface area contributed by atoms with Crippen LogP contribution in [-0.2, 0) is 20.4 Å². The number of nitrogens with zero attached hydrogens (tertiary/aromatic N) is 1. The van der Waals surface area contributed by atoms with Crippen molar-refractivity contribution in [1.29, 1.82) is 0 Å². The smallest absolute Gasteiger partial charge is 0.548 e. The molecule has 2 unspecified atom stereocenters. The molecule has 2 aliphatic rings. The van der Waals surface area contributed by atoms with Crippen molar-refractivity contribution in [1.82, 2.24) is 4.90 Å². The van der Waals surface area contributed by atoms with Crippen LogP contribution in [0.1, 0.15) is 13.8 Å². The molecule has 2 aliphatic heterocycles. The molecule has 0 bridgehead atoms. The van der Waals surface area contributed by atoms with Crippen LogP contribution >= 0.6 is 31.9 Å². The Morgan fingerprint density at radius 2 is 1.94 bits per heavy atom. The van der Waals surface area contributed by atoms with Crippen LogP contribution in [0.15, 0.2) is 0 Å². The molecule has 0 aromatic carbocycles. The predicted octanol–water partition coefficient (Wildman–Crippen LogP) is -3.70. The zero-order valence-electron chi connectivity index (χ0n) is 9.40. The molecule has 0 saturated carbocycles. The van der Waals surface area contributed by atoms with E-state index in [2.05, 4.69) is 31.9 Å². The minimum atomic E-state index is -1.47. The van der Waals surface area contributed by atoms with Crippen molar-refractivity contribution in [2.75, 3.05) is 0 Å². The maximum atomic E-state index is 12.1. The number of carboxylic acid groups (broad SMARTS) is 1. The summed E-state index contributed by atoms with van der Waals surface area (Å²) in [7, 11) is -1.47. The summed E-state index contributed by atoms with van der Waals surface area (Å²) in [6.45, 7) is 3.12. The van der Waals surface area contributed by atoms with Gasteiger partial charge in [-0.2, -0.15) is 0 Å². The van der Waals surface area contributed by atoms with Gasteiger partial charge in [-0.25, -0.2) is 0 Å². The summed E-state index contributed by atoms with van der Waals surface area (Å²) < 4.78 is 10.0. The topological polar surface area (TPSA) is 77.5 Å². The number of fused-ring (bicyclic) bond motifs is 1. The monoisotopic (exact) mass is 395 g/mol.